The molecule has 1 aromatic carbocycles. The summed E-state index contributed by atoms with van der Waals surface area (Å²) >= 11 is 0. The monoisotopic (exact) mass is 592 g/mol. The number of alkyl carbamates (subject to hydrolysis) is 1. The average molecular weight is 593 g/mol. The molecule has 0 aliphatic heterocycles. The summed E-state index contributed by atoms with van der Waals surface area (Å²) in [6, 6.07) is 6.98. The number of halogens is 3. The summed E-state index contributed by atoms with van der Waals surface area (Å²) < 4.78 is 52.2. The lowest BCUT2D eigenvalue weighted by molar-refractivity contribution is 0.149. The fraction of sp³-hybridized carbons (Fsp3) is 0.438. The summed E-state index contributed by atoms with van der Waals surface area (Å²) in [6.07, 6.45) is 8.47. The Morgan fingerprint density at radius 1 is 1.14 bits per heavy atom. The zero-order valence-corrected chi connectivity index (χ0v) is 24.2. The summed E-state index contributed by atoms with van der Waals surface area (Å²) in [5, 5.41) is 7.43. The van der Waals surface area contributed by atoms with Crippen molar-refractivity contribution in [3.8, 4) is 11.3 Å². The second kappa shape index (κ2) is 11.6. The van der Waals surface area contributed by atoms with Crippen molar-refractivity contribution in [3.05, 3.63) is 83.1 Å². The number of methoxy groups -OCH3 is 1. The van der Waals surface area contributed by atoms with E-state index in [9.17, 15) is 4.79 Å². The number of benzene rings is 1. The molecule has 4 atom stereocenters. The summed E-state index contributed by atoms with van der Waals surface area (Å²) in [7, 11) is 1.33. The zero-order valence-electron chi connectivity index (χ0n) is 24.2. The van der Waals surface area contributed by atoms with Gasteiger partial charge in [0, 0.05) is 30.9 Å². The fourth-order valence-corrected chi connectivity index (χ4v) is 6.93. The second-order valence-electron chi connectivity index (χ2n) is 11.9. The van der Waals surface area contributed by atoms with Crippen molar-refractivity contribution >= 4 is 11.6 Å². The molecule has 226 valence electrons. The van der Waals surface area contributed by atoms with E-state index in [-0.39, 0.29) is 53.6 Å². The number of carbonyl (C=O) groups excluding carboxylic acids is 1. The third-order valence-corrected chi connectivity index (χ3v) is 9.15. The third kappa shape index (κ3) is 5.58. The Morgan fingerprint density at radius 2 is 1.88 bits per heavy atom. The first-order valence-corrected chi connectivity index (χ1v) is 14.7. The normalized spacial score (nSPS) is 23.4. The number of ether oxygens (including phenoxy) is 1. The van der Waals surface area contributed by atoms with E-state index in [2.05, 4.69) is 27.3 Å². The van der Waals surface area contributed by atoms with E-state index in [1.807, 2.05) is 6.07 Å². The number of nitrogens with zero attached hydrogens (tertiary/aromatic N) is 4. The van der Waals surface area contributed by atoms with Gasteiger partial charge >= 0.3 is 6.09 Å². The Kier molecular flexibility index (Phi) is 7.85. The van der Waals surface area contributed by atoms with Crippen LogP contribution in [0.15, 0.2) is 48.9 Å². The molecule has 2 saturated carbocycles. The molecule has 6 rings (SSSR count). The first-order valence-electron chi connectivity index (χ1n) is 14.7. The molecule has 0 radical (unpaired) electrons. The minimum atomic E-state index is -1.70. The zero-order chi connectivity index (χ0) is 30.3. The molecule has 11 heteroatoms. The van der Waals surface area contributed by atoms with Gasteiger partial charge in [-0.1, -0.05) is 6.92 Å². The fourth-order valence-electron chi connectivity index (χ4n) is 6.93. The Labute approximate surface area is 247 Å². The lowest BCUT2D eigenvalue weighted by Crippen LogP contribution is -2.54. The van der Waals surface area contributed by atoms with Crippen molar-refractivity contribution in [2.45, 2.75) is 75.5 Å². The van der Waals surface area contributed by atoms with Gasteiger partial charge in [-0.05, 0) is 97.4 Å². The molecule has 4 aromatic rings. The van der Waals surface area contributed by atoms with E-state index >= 15 is 13.2 Å². The molecular formula is C32H35F3N6O2. The summed E-state index contributed by atoms with van der Waals surface area (Å²) in [5.74, 6) is -0.860. The number of hydrogen-bond donors (Lipinski definition) is 2. The van der Waals surface area contributed by atoms with Crippen molar-refractivity contribution in [3.63, 3.8) is 0 Å². The SMILES string of the molecule is COC(=O)N[C@@H]1[C@H](N)C[C@H](c2ccncc2Cc2ncc3ccc(-c4c(F)cc(C5(F)CCCC5)cc4F)nn23)C[C@@H]1C. The number of aromatic nitrogens is 4. The van der Waals surface area contributed by atoms with Gasteiger partial charge < -0.3 is 15.8 Å². The predicted octanol–water partition coefficient (Wildman–Crippen LogP) is 5.96. The van der Waals surface area contributed by atoms with Gasteiger partial charge in [-0.25, -0.2) is 27.5 Å². The highest BCUT2D eigenvalue weighted by Crippen LogP contribution is 2.44. The van der Waals surface area contributed by atoms with Crippen LogP contribution in [0.25, 0.3) is 16.8 Å². The molecule has 8 nitrogen and oxygen atoms in total. The molecular weight excluding hydrogens is 557 g/mol. The van der Waals surface area contributed by atoms with Gasteiger partial charge in [0.1, 0.15) is 23.1 Å². The third-order valence-electron chi connectivity index (χ3n) is 9.15. The lowest BCUT2D eigenvalue weighted by atomic mass is 9.72. The maximum absolute atomic E-state index is 15.3. The molecule has 0 unspecified atom stereocenters. The molecule has 43 heavy (non-hydrogen) atoms. The first-order chi connectivity index (χ1) is 20.7. The summed E-state index contributed by atoms with van der Waals surface area (Å²) in [6.45, 7) is 2.06. The van der Waals surface area contributed by atoms with Crippen molar-refractivity contribution < 1.29 is 22.7 Å². The maximum atomic E-state index is 15.3. The van der Waals surface area contributed by atoms with Gasteiger partial charge in [-0.15, -0.1) is 0 Å². The summed E-state index contributed by atoms with van der Waals surface area (Å²) in [5.41, 5.74) is 7.35. The Bertz CT molecular complexity index is 1620. The van der Waals surface area contributed by atoms with E-state index in [0.29, 0.717) is 37.0 Å². The van der Waals surface area contributed by atoms with E-state index in [4.69, 9.17) is 10.5 Å². The largest absolute Gasteiger partial charge is 0.453 e. The highest BCUT2D eigenvalue weighted by Gasteiger charge is 2.38. The van der Waals surface area contributed by atoms with Crippen LogP contribution in [0.1, 0.15) is 73.9 Å². The molecule has 3 aromatic heterocycles. The number of nitrogens with one attached hydrogen (secondary N) is 1. The van der Waals surface area contributed by atoms with Crippen molar-refractivity contribution in [2.24, 2.45) is 11.7 Å². The number of imidazole rings is 1. The van der Waals surface area contributed by atoms with Crippen LogP contribution >= 0.6 is 0 Å². The van der Waals surface area contributed by atoms with Gasteiger partial charge in [0.25, 0.3) is 0 Å². The number of rotatable bonds is 6. The number of fused-ring (bicyclic) bond motifs is 1. The first kappa shape index (κ1) is 29.1. The van der Waals surface area contributed by atoms with Crippen LogP contribution in [0.3, 0.4) is 0 Å². The summed E-state index contributed by atoms with van der Waals surface area (Å²) in [4.78, 5) is 20.7. The Morgan fingerprint density at radius 3 is 2.58 bits per heavy atom. The van der Waals surface area contributed by atoms with Crippen molar-refractivity contribution in [1.82, 2.24) is 24.9 Å². The Hall–Kier alpha value is -3.99. The van der Waals surface area contributed by atoms with Crippen LogP contribution in [-0.2, 0) is 16.8 Å². The average Bonchev–Trinajstić information content (AvgIpc) is 3.61. The number of carbonyl (C=O) groups is 1. The molecule has 0 bridgehead atoms. The van der Waals surface area contributed by atoms with Gasteiger partial charge in [0.05, 0.1) is 30.1 Å². The lowest BCUT2D eigenvalue weighted by Gasteiger charge is -2.39. The molecule has 3 heterocycles. The van der Waals surface area contributed by atoms with Crippen molar-refractivity contribution in [2.75, 3.05) is 7.11 Å². The number of hydrogen-bond acceptors (Lipinski definition) is 6. The smallest absolute Gasteiger partial charge is 0.407 e. The molecule has 0 spiro atoms. The maximum Gasteiger partial charge on any atom is 0.407 e. The van der Waals surface area contributed by atoms with Gasteiger partial charge in [0.2, 0.25) is 0 Å². The highest BCUT2D eigenvalue weighted by molar-refractivity contribution is 5.67. The highest BCUT2D eigenvalue weighted by atomic mass is 19.1. The number of nitrogens with two attached hydrogens (primary N) is 1. The number of amides is 1. The number of pyridine rings is 1. The minimum absolute atomic E-state index is 0.0430. The van der Waals surface area contributed by atoms with Crippen molar-refractivity contribution in [1.29, 1.82) is 0 Å². The predicted molar refractivity (Wildman–Crippen MR) is 155 cm³/mol. The van der Waals surface area contributed by atoms with Gasteiger partial charge in [-0.2, -0.15) is 5.10 Å². The van der Waals surface area contributed by atoms with E-state index in [1.165, 1.54) is 7.11 Å². The van der Waals surface area contributed by atoms with Crippen LogP contribution in [0.2, 0.25) is 0 Å². The minimum Gasteiger partial charge on any atom is -0.453 e. The topological polar surface area (TPSA) is 107 Å². The molecule has 0 saturated heterocycles. The molecule has 3 N–H and O–H groups in total. The molecule has 2 aliphatic rings. The molecule has 2 fully saturated rings. The van der Waals surface area contributed by atoms with Gasteiger partial charge in [0.15, 0.2) is 0 Å². The quantitative estimate of drug-likeness (QED) is 0.286. The van der Waals surface area contributed by atoms with Crippen LogP contribution in [0.4, 0.5) is 18.0 Å². The Balaban J connectivity index is 1.28. The van der Waals surface area contributed by atoms with Crippen LogP contribution in [0, 0.1) is 17.6 Å². The van der Waals surface area contributed by atoms with Crippen LogP contribution < -0.4 is 11.1 Å². The van der Waals surface area contributed by atoms with Crippen LogP contribution in [0.5, 0.6) is 0 Å². The number of alkyl halides is 1. The van der Waals surface area contributed by atoms with Gasteiger partial charge in [-0.3, -0.25) is 4.98 Å². The molecule has 2 aliphatic carbocycles. The standard InChI is InChI=1S/C32H35F3N6O2/c1-18-11-19(12-26(36)30(18)39-31(42)43-2)23-7-10-37-16-20(23)13-28-38-17-22-5-6-27(40-41(22)28)29-24(33)14-21(15-25(29)34)32(35)8-3-4-9-32/h5-7,10,14-19,26,30H,3-4,8-9,11-13,36H2,1-2H3,(H,39,42)/t18-,19+,26+,30-/m0/s1. The van der Waals surface area contributed by atoms with E-state index in [1.54, 1.807) is 35.2 Å². The second-order valence-corrected chi connectivity index (χ2v) is 11.9. The molecule has 1 amide bonds. The van der Waals surface area contributed by atoms with E-state index in [0.717, 1.165) is 29.7 Å². The van der Waals surface area contributed by atoms with E-state index < -0.39 is 23.4 Å². The van der Waals surface area contributed by atoms with Crippen LogP contribution in [-0.4, -0.2) is 44.9 Å².